The van der Waals surface area contributed by atoms with Crippen molar-refractivity contribution in [3.63, 3.8) is 0 Å². The molecule has 0 saturated carbocycles. The topological polar surface area (TPSA) is 37.8 Å². The first kappa shape index (κ1) is 12.4. The van der Waals surface area contributed by atoms with Crippen LogP contribution in [0.5, 0.6) is 0 Å². The van der Waals surface area contributed by atoms with Crippen LogP contribution in [-0.4, -0.2) is 17.2 Å². The van der Waals surface area contributed by atoms with Crippen LogP contribution in [-0.2, 0) is 0 Å². The van der Waals surface area contributed by atoms with Crippen LogP contribution in [0.1, 0.15) is 11.1 Å². The third-order valence-corrected chi connectivity index (χ3v) is 2.90. The largest absolute Gasteiger partial charge is 0.371 e. The molecule has 0 amide bonds. The average Bonchev–Trinajstić information content (AvgIpc) is 2.31. The summed E-state index contributed by atoms with van der Waals surface area (Å²) in [4.78, 5) is 0. The smallest absolute Gasteiger partial charge is 0.151 e. The zero-order valence-corrected chi connectivity index (χ0v) is 10.4. The summed E-state index contributed by atoms with van der Waals surface area (Å²) in [6.45, 7) is 3.73. The Morgan fingerprint density at radius 1 is 0.944 bits per heavy atom. The molecule has 0 saturated heterocycles. The number of anilines is 1. The summed E-state index contributed by atoms with van der Waals surface area (Å²) in [6.07, 6.45) is 0. The summed E-state index contributed by atoms with van der Waals surface area (Å²) in [5.41, 5.74) is 2.64. The lowest BCUT2D eigenvalue weighted by molar-refractivity contribution is 0.584. The lowest BCUT2D eigenvalue weighted by Gasteiger charge is -2.10. The molecule has 94 valence electrons. The van der Waals surface area contributed by atoms with E-state index < -0.39 is 11.6 Å². The van der Waals surface area contributed by atoms with Crippen LogP contribution in [0.3, 0.4) is 0 Å². The SMILES string of the molecule is CNc1nnc(-c2cc(F)cc(F)c2)c(C)c1C. The average molecular weight is 249 g/mol. The van der Waals surface area contributed by atoms with E-state index in [1.54, 1.807) is 7.05 Å². The molecule has 2 rings (SSSR count). The molecule has 2 aromatic rings. The van der Waals surface area contributed by atoms with Crippen LogP contribution in [0.15, 0.2) is 18.2 Å². The Morgan fingerprint density at radius 2 is 1.56 bits per heavy atom. The van der Waals surface area contributed by atoms with Crippen molar-refractivity contribution in [2.75, 3.05) is 12.4 Å². The molecule has 0 aliphatic heterocycles. The monoisotopic (exact) mass is 249 g/mol. The van der Waals surface area contributed by atoms with Crippen LogP contribution in [0.4, 0.5) is 14.6 Å². The van der Waals surface area contributed by atoms with Gasteiger partial charge in [-0.1, -0.05) is 0 Å². The fourth-order valence-corrected chi connectivity index (χ4v) is 1.81. The van der Waals surface area contributed by atoms with Gasteiger partial charge in [-0.3, -0.25) is 0 Å². The molecule has 1 heterocycles. The highest BCUT2D eigenvalue weighted by molar-refractivity contribution is 5.66. The van der Waals surface area contributed by atoms with Crippen molar-refractivity contribution in [3.05, 3.63) is 41.0 Å². The minimum absolute atomic E-state index is 0.392. The van der Waals surface area contributed by atoms with Gasteiger partial charge in [0.15, 0.2) is 5.82 Å². The van der Waals surface area contributed by atoms with Crippen molar-refractivity contribution in [1.29, 1.82) is 0 Å². The highest BCUT2D eigenvalue weighted by atomic mass is 19.1. The molecule has 1 N–H and O–H groups in total. The van der Waals surface area contributed by atoms with E-state index in [1.165, 1.54) is 12.1 Å². The van der Waals surface area contributed by atoms with Gasteiger partial charge in [0, 0.05) is 18.7 Å². The van der Waals surface area contributed by atoms with Gasteiger partial charge in [0.1, 0.15) is 11.6 Å². The number of rotatable bonds is 2. The lowest BCUT2D eigenvalue weighted by Crippen LogP contribution is -2.03. The normalized spacial score (nSPS) is 10.5. The van der Waals surface area contributed by atoms with Crippen LogP contribution < -0.4 is 5.32 Å². The summed E-state index contributed by atoms with van der Waals surface area (Å²) >= 11 is 0. The predicted molar refractivity (Wildman–Crippen MR) is 66.4 cm³/mol. The van der Waals surface area contributed by atoms with E-state index in [2.05, 4.69) is 15.5 Å². The minimum atomic E-state index is -0.624. The molecule has 0 atom stereocenters. The van der Waals surface area contributed by atoms with Gasteiger partial charge in [-0.25, -0.2) is 8.78 Å². The van der Waals surface area contributed by atoms with Gasteiger partial charge in [0.25, 0.3) is 0 Å². The molecule has 3 nitrogen and oxygen atoms in total. The number of nitrogens with one attached hydrogen (secondary N) is 1. The van der Waals surface area contributed by atoms with E-state index >= 15 is 0 Å². The zero-order chi connectivity index (χ0) is 13.3. The summed E-state index contributed by atoms with van der Waals surface area (Å²) in [6, 6.07) is 3.33. The second-order valence-electron chi connectivity index (χ2n) is 4.06. The summed E-state index contributed by atoms with van der Waals surface area (Å²) < 4.78 is 26.4. The molecule has 0 aliphatic rings. The fraction of sp³-hybridized carbons (Fsp3) is 0.231. The molecule has 0 bridgehead atoms. The summed E-state index contributed by atoms with van der Waals surface area (Å²) in [7, 11) is 1.75. The molecule has 1 aromatic heterocycles. The highest BCUT2D eigenvalue weighted by Crippen LogP contribution is 2.26. The maximum atomic E-state index is 13.2. The van der Waals surface area contributed by atoms with Gasteiger partial charge in [0.2, 0.25) is 0 Å². The quantitative estimate of drug-likeness (QED) is 0.888. The number of hydrogen-bond donors (Lipinski definition) is 1. The van der Waals surface area contributed by atoms with Crippen molar-refractivity contribution in [2.24, 2.45) is 0 Å². The van der Waals surface area contributed by atoms with Crippen molar-refractivity contribution in [3.8, 4) is 11.3 Å². The van der Waals surface area contributed by atoms with Crippen molar-refractivity contribution < 1.29 is 8.78 Å². The van der Waals surface area contributed by atoms with Crippen LogP contribution in [0.25, 0.3) is 11.3 Å². The number of nitrogens with zero attached hydrogens (tertiary/aromatic N) is 2. The Balaban J connectivity index is 2.61. The van der Waals surface area contributed by atoms with E-state index in [0.29, 0.717) is 17.1 Å². The maximum absolute atomic E-state index is 13.2. The second kappa shape index (κ2) is 4.68. The van der Waals surface area contributed by atoms with Gasteiger partial charge in [-0.15, -0.1) is 10.2 Å². The third kappa shape index (κ3) is 2.16. The number of hydrogen-bond acceptors (Lipinski definition) is 3. The van der Waals surface area contributed by atoms with Crippen molar-refractivity contribution >= 4 is 5.82 Å². The molecule has 0 radical (unpaired) electrons. The molecule has 0 unspecified atom stereocenters. The second-order valence-corrected chi connectivity index (χ2v) is 4.06. The zero-order valence-electron chi connectivity index (χ0n) is 10.4. The van der Waals surface area contributed by atoms with Crippen LogP contribution >= 0.6 is 0 Å². The molecule has 18 heavy (non-hydrogen) atoms. The summed E-state index contributed by atoms with van der Waals surface area (Å²) in [5.74, 6) is -0.587. The van der Waals surface area contributed by atoms with Gasteiger partial charge < -0.3 is 5.32 Å². The number of halogens is 2. The Bertz CT molecular complexity index is 577. The number of benzene rings is 1. The van der Waals surface area contributed by atoms with Gasteiger partial charge in [-0.05, 0) is 37.1 Å². The van der Waals surface area contributed by atoms with E-state index in [0.717, 1.165) is 17.2 Å². The highest BCUT2D eigenvalue weighted by Gasteiger charge is 2.12. The maximum Gasteiger partial charge on any atom is 0.151 e. The van der Waals surface area contributed by atoms with Crippen molar-refractivity contribution in [2.45, 2.75) is 13.8 Å². The Hall–Kier alpha value is -2.04. The van der Waals surface area contributed by atoms with Gasteiger partial charge >= 0.3 is 0 Å². The standard InChI is InChI=1S/C13H13F2N3/c1-7-8(2)13(16-3)18-17-12(7)9-4-10(14)6-11(15)5-9/h4-6H,1-3H3,(H,16,18). The van der Waals surface area contributed by atoms with E-state index in [4.69, 9.17) is 0 Å². The van der Waals surface area contributed by atoms with Gasteiger partial charge in [0.05, 0.1) is 5.69 Å². The fourth-order valence-electron chi connectivity index (χ4n) is 1.81. The first-order valence-electron chi connectivity index (χ1n) is 5.51. The van der Waals surface area contributed by atoms with Crippen molar-refractivity contribution in [1.82, 2.24) is 10.2 Å². The first-order valence-corrected chi connectivity index (χ1v) is 5.51. The predicted octanol–water partition coefficient (Wildman–Crippen LogP) is 3.08. The molecule has 0 spiro atoms. The third-order valence-electron chi connectivity index (χ3n) is 2.90. The molecule has 1 aromatic carbocycles. The molecular weight excluding hydrogens is 236 g/mol. The van der Waals surface area contributed by atoms with Gasteiger partial charge in [-0.2, -0.15) is 0 Å². The molecule has 0 aliphatic carbocycles. The molecular formula is C13H13F2N3. The Kier molecular flexibility index (Phi) is 3.23. The lowest BCUT2D eigenvalue weighted by atomic mass is 10.0. The number of aromatic nitrogens is 2. The van der Waals surface area contributed by atoms with E-state index in [9.17, 15) is 8.78 Å². The Labute approximate surface area is 104 Å². The van der Waals surface area contributed by atoms with E-state index in [-0.39, 0.29) is 0 Å². The Morgan fingerprint density at radius 3 is 2.11 bits per heavy atom. The van der Waals surface area contributed by atoms with Crippen LogP contribution in [0.2, 0.25) is 0 Å². The summed E-state index contributed by atoms with van der Waals surface area (Å²) in [5, 5.41) is 10.9. The minimum Gasteiger partial charge on any atom is -0.371 e. The molecule has 0 fully saturated rings. The van der Waals surface area contributed by atoms with Crippen LogP contribution in [0, 0.1) is 25.5 Å². The molecule has 5 heteroatoms. The van der Waals surface area contributed by atoms with E-state index in [1.807, 2.05) is 13.8 Å². The first-order chi connectivity index (χ1) is 8.52.